The number of rotatable bonds is 3. The Morgan fingerprint density at radius 3 is 2.76 bits per heavy atom. The topological polar surface area (TPSA) is 71.5 Å². The molecular formula is C18H23N5O2. The van der Waals surface area contributed by atoms with E-state index in [0.717, 1.165) is 34.8 Å². The van der Waals surface area contributed by atoms with E-state index in [1.807, 2.05) is 31.3 Å². The summed E-state index contributed by atoms with van der Waals surface area (Å²) in [7, 11) is 3.50. The van der Waals surface area contributed by atoms with Gasteiger partial charge in [-0.2, -0.15) is 0 Å². The molecule has 3 aliphatic heterocycles. The van der Waals surface area contributed by atoms with Gasteiger partial charge in [0.05, 0.1) is 19.3 Å². The minimum absolute atomic E-state index is 0.509. The van der Waals surface area contributed by atoms with E-state index in [2.05, 4.69) is 25.9 Å². The Kier molecular flexibility index (Phi) is 4.52. The van der Waals surface area contributed by atoms with Crippen LogP contribution >= 0.6 is 0 Å². The summed E-state index contributed by atoms with van der Waals surface area (Å²) in [4.78, 5) is 13.5. The quantitative estimate of drug-likeness (QED) is 0.887. The number of hydrogen-bond donors (Lipinski definition) is 2. The lowest BCUT2D eigenvalue weighted by Crippen LogP contribution is -2.61. The molecule has 1 aliphatic carbocycles. The fourth-order valence-electron chi connectivity index (χ4n) is 3.69. The van der Waals surface area contributed by atoms with E-state index in [1.54, 1.807) is 13.3 Å². The number of methoxy groups -OCH3 is 1. The van der Waals surface area contributed by atoms with Gasteiger partial charge in [-0.05, 0) is 37.0 Å². The monoisotopic (exact) mass is 341 g/mol. The zero-order chi connectivity index (χ0) is 17.2. The predicted molar refractivity (Wildman–Crippen MR) is 94.8 cm³/mol. The largest absolute Gasteiger partial charge is 0.497 e. The first-order chi connectivity index (χ1) is 12.3. The van der Waals surface area contributed by atoms with Crippen LogP contribution < -0.4 is 15.6 Å². The van der Waals surface area contributed by atoms with E-state index in [4.69, 9.17) is 9.57 Å². The first-order valence-electron chi connectivity index (χ1n) is 8.62. The predicted octanol–water partition coefficient (Wildman–Crippen LogP) is 2.24. The van der Waals surface area contributed by atoms with Gasteiger partial charge in [0, 0.05) is 24.8 Å². The number of hydrogen-bond acceptors (Lipinski definition) is 7. The van der Waals surface area contributed by atoms with Crippen molar-refractivity contribution in [3.05, 3.63) is 36.8 Å². The van der Waals surface area contributed by atoms with Crippen molar-refractivity contribution in [2.75, 3.05) is 19.5 Å². The van der Waals surface area contributed by atoms with Crippen molar-refractivity contribution in [3.8, 4) is 16.9 Å². The summed E-state index contributed by atoms with van der Waals surface area (Å²) in [6.07, 6.45) is 7.78. The van der Waals surface area contributed by atoms with Gasteiger partial charge in [-0.25, -0.2) is 15.0 Å². The Hall–Kier alpha value is -2.22. The molecule has 3 saturated heterocycles. The van der Waals surface area contributed by atoms with Crippen LogP contribution in [-0.2, 0) is 4.84 Å². The molecule has 7 heteroatoms. The van der Waals surface area contributed by atoms with Gasteiger partial charge in [-0.1, -0.05) is 12.1 Å². The molecule has 0 spiro atoms. The number of hydrazine groups is 1. The summed E-state index contributed by atoms with van der Waals surface area (Å²) < 4.78 is 5.11. The minimum Gasteiger partial charge on any atom is -0.497 e. The molecule has 25 heavy (non-hydrogen) atoms. The molecule has 0 radical (unpaired) electrons. The van der Waals surface area contributed by atoms with Crippen LogP contribution in [0.5, 0.6) is 5.75 Å². The normalized spacial score (nSPS) is 28.4. The summed E-state index contributed by atoms with van der Waals surface area (Å²) in [6.45, 7) is 0. The van der Waals surface area contributed by atoms with Gasteiger partial charge in [0.25, 0.3) is 0 Å². The van der Waals surface area contributed by atoms with Gasteiger partial charge in [-0.3, -0.25) is 4.84 Å². The van der Waals surface area contributed by atoms with Crippen LogP contribution in [0.4, 0.5) is 5.82 Å². The molecule has 4 fully saturated rings. The Labute approximate surface area is 147 Å². The maximum absolute atomic E-state index is 5.31. The van der Waals surface area contributed by atoms with Crippen molar-refractivity contribution >= 4 is 5.82 Å². The smallest absolute Gasteiger partial charge is 0.137 e. The molecule has 1 saturated carbocycles. The van der Waals surface area contributed by atoms with Crippen LogP contribution in [0.1, 0.15) is 19.3 Å². The number of nitrogens with one attached hydrogen (secondary N) is 2. The molecule has 2 aromatic rings. The number of piperidine rings is 1. The molecular weight excluding hydrogens is 318 g/mol. The second-order valence-electron chi connectivity index (χ2n) is 6.45. The molecule has 2 N–H and O–H groups in total. The Bertz CT molecular complexity index is 705. The van der Waals surface area contributed by atoms with Gasteiger partial charge in [0.1, 0.15) is 17.9 Å². The summed E-state index contributed by atoms with van der Waals surface area (Å²) in [5, 5.41) is 5.30. The van der Waals surface area contributed by atoms with Crippen LogP contribution in [0.25, 0.3) is 11.1 Å². The van der Waals surface area contributed by atoms with Gasteiger partial charge in [-0.15, -0.1) is 5.59 Å². The maximum Gasteiger partial charge on any atom is 0.137 e. The van der Waals surface area contributed by atoms with E-state index >= 15 is 0 Å². The van der Waals surface area contributed by atoms with Crippen molar-refractivity contribution in [2.45, 2.75) is 37.5 Å². The number of aromatic nitrogens is 2. The molecule has 4 aliphatic rings. The van der Waals surface area contributed by atoms with Crippen molar-refractivity contribution in [1.82, 2.24) is 20.6 Å². The number of anilines is 1. The number of fused-ring (bicyclic) bond motifs is 1. The Balaban J connectivity index is 0.000000144. The molecule has 4 unspecified atom stereocenters. The third-order valence-electron chi connectivity index (χ3n) is 5.14. The van der Waals surface area contributed by atoms with E-state index in [-0.39, 0.29) is 0 Å². The third kappa shape index (κ3) is 3.06. The molecule has 132 valence electrons. The molecule has 4 atom stereocenters. The first kappa shape index (κ1) is 16.3. The fourth-order valence-corrected chi connectivity index (χ4v) is 3.69. The van der Waals surface area contributed by atoms with E-state index in [0.29, 0.717) is 6.10 Å². The molecule has 4 bridgehead atoms. The average Bonchev–Trinajstić information content (AvgIpc) is 2.90. The van der Waals surface area contributed by atoms with E-state index in [1.165, 1.54) is 25.6 Å². The number of nitrogens with zero attached hydrogens (tertiary/aromatic N) is 3. The average molecular weight is 341 g/mol. The summed E-state index contributed by atoms with van der Waals surface area (Å²) >= 11 is 0. The van der Waals surface area contributed by atoms with E-state index < -0.39 is 0 Å². The molecule has 1 aromatic heterocycles. The van der Waals surface area contributed by atoms with Crippen LogP contribution in [0.15, 0.2) is 36.8 Å². The lowest BCUT2D eigenvalue weighted by Gasteiger charge is -2.47. The second-order valence-corrected chi connectivity index (χ2v) is 6.45. The maximum atomic E-state index is 5.31. The van der Waals surface area contributed by atoms with E-state index in [9.17, 15) is 0 Å². The van der Waals surface area contributed by atoms with Crippen LogP contribution in [0.3, 0.4) is 0 Å². The highest BCUT2D eigenvalue weighted by Gasteiger charge is 2.52. The number of benzene rings is 1. The van der Waals surface area contributed by atoms with Crippen molar-refractivity contribution < 1.29 is 9.57 Å². The van der Waals surface area contributed by atoms with Crippen LogP contribution in [-0.4, -0.2) is 47.3 Å². The molecule has 6 rings (SSSR count). The standard InChI is InChI=1S/C12H13N3O.C6H10N2O/c1-13-12-11(7-14-8-15-12)9-3-5-10(16-2)6-4-9;1-2-6-5-3-4(1)8(5)7-9-6/h3-8H,1-2H3,(H,13,14,15);4-7H,1-3H2. The Morgan fingerprint density at radius 2 is 2.12 bits per heavy atom. The van der Waals surface area contributed by atoms with Gasteiger partial charge >= 0.3 is 0 Å². The first-order valence-corrected chi connectivity index (χ1v) is 8.62. The fraction of sp³-hybridized carbons (Fsp3) is 0.444. The summed E-state index contributed by atoms with van der Waals surface area (Å²) in [6, 6.07) is 9.33. The molecule has 0 amide bonds. The van der Waals surface area contributed by atoms with Crippen molar-refractivity contribution in [1.29, 1.82) is 0 Å². The van der Waals surface area contributed by atoms with Gasteiger partial charge < -0.3 is 10.1 Å². The zero-order valence-corrected chi connectivity index (χ0v) is 14.5. The summed E-state index contributed by atoms with van der Waals surface area (Å²) in [5.41, 5.74) is 4.99. The number of ether oxygens (including phenoxy) is 1. The zero-order valence-electron chi connectivity index (χ0n) is 14.5. The highest BCUT2D eigenvalue weighted by atomic mass is 16.7. The Morgan fingerprint density at radius 1 is 1.28 bits per heavy atom. The highest BCUT2D eigenvalue weighted by molar-refractivity contribution is 5.74. The second kappa shape index (κ2) is 6.95. The van der Waals surface area contributed by atoms with Crippen molar-refractivity contribution in [3.63, 3.8) is 0 Å². The van der Waals surface area contributed by atoms with Crippen LogP contribution in [0, 0.1) is 0 Å². The van der Waals surface area contributed by atoms with Gasteiger partial charge in [0.15, 0.2) is 0 Å². The lowest BCUT2D eigenvalue weighted by molar-refractivity contribution is -0.0500. The van der Waals surface area contributed by atoms with Gasteiger partial charge in [0.2, 0.25) is 0 Å². The summed E-state index contributed by atoms with van der Waals surface area (Å²) in [5.74, 6) is 1.66. The van der Waals surface area contributed by atoms with Crippen LogP contribution in [0.2, 0.25) is 0 Å². The molecule has 7 nitrogen and oxygen atoms in total. The SMILES string of the molecule is C1CC2CC3C1ONN23.CNc1ncncc1-c1ccc(OC)cc1. The lowest BCUT2D eigenvalue weighted by atomic mass is 9.80. The highest BCUT2D eigenvalue weighted by Crippen LogP contribution is 2.41. The van der Waals surface area contributed by atoms with Crippen molar-refractivity contribution in [2.24, 2.45) is 0 Å². The minimum atomic E-state index is 0.509. The molecule has 4 heterocycles. The molecule has 1 aromatic carbocycles. The third-order valence-corrected chi connectivity index (χ3v) is 5.14.